The number of nitrogens with one attached hydrogen (secondary N) is 2. The summed E-state index contributed by atoms with van der Waals surface area (Å²) in [6, 6.07) is 5.61. The van der Waals surface area contributed by atoms with Crippen LogP contribution in [0.15, 0.2) is 34.0 Å². The molecule has 0 bridgehead atoms. The molecule has 0 saturated carbocycles. The summed E-state index contributed by atoms with van der Waals surface area (Å²) < 4.78 is 13.7. The number of nitrogens with zero attached hydrogens (tertiary/aromatic N) is 1. The summed E-state index contributed by atoms with van der Waals surface area (Å²) in [6.07, 6.45) is 0.863. The monoisotopic (exact) mass is 381 g/mol. The molecule has 0 atom stereocenters. The molecule has 2 rings (SSSR count). The van der Waals surface area contributed by atoms with E-state index >= 15 is 0 Å². The van der Waals surface area contributed by atoms with Crippen molar-refractivity contribution in [1.29, 1.82) is 0 Å². The minimum Gasteiger partial charge on any atom is -0.338 e. The van der Waals surface area contributed by atoms with Crippen LogP contribution in [0.3, 0.4) is 0 Å². The van der Waals surface area contributed by atoms with Crippen molar-refractivity contribution in [2.45, 2.75) is 24.6 Å². The number of benzene rings is 1. The molecular weight excluding hydrogens is 361 g/mol. The number of hydrogen-bond donors (Lipinski definition) is 2. The average Bonchev–Trinajstić information content (AvgIpc) is 3.02. The van der Waals surface area contributed by atoms with Crippen molar-refractivity contribution in [1.82, 2.24) is 15.6 Å². The maximum absolute atomic E-state index is 12.9. The summed E-state index contributed by atoms with van der Waals surface area (Å²) in [6.45, 7) is 4.67. The van der Waals surface area contributed by atoms with E-state index in [0.29, 0.717) is 12.5 Å². The van der Waals surface area contributed by atoms with Crippen LogP contribution >= 0.6 is 23.1 Å². The summed E-state index contributed by atoms with van der Waals surface area (Å²) >= 11 is 2.66. The molecule has 0 fully saturated rings. The number of rotatable bonds is 7. The van der Waals surface area contributed by atoms with Crippen LogP contribution in [0, 0.1) is 11.7 Å². The molecule has 0 aliphatic rings. The van der Waals surface area contributed by atoms with Crippen molar-refractivity contribution in [2.75, 3.05) is 12.3 Å². The molecule has 1 aromatic heterocycles. The van der Waals surface area contributed by atoms with Gasteiger partial charge >= 0.3 is 6.03 Å². The van der Waals surface area contributed by atoms with Gasteiger partial charge in [0, 0.05) is 17.5 Å². The number of hydrogen-bond acceptors (Lipinski definition) is 5. The van der Waals surface area contributed by atoms with Crippen molar-refractivity contribution in [3.05, 3.63) is 35.5 Å². The van der Waals surface area contributed by atoms with Crippen LogP contribution in [0.1, 0.15) is 20.3 Å². The van der Waals surface area contributed by atoms with E-state index in [-0.39, 0.29) is 17.5 Å². The molecule has 0 spiro atoms. The highest BCUT2D eigenvalue weighted by Gasteiger charge is 2.11. The number of carbonyl (C=O) groups excluding carboxylic acids is 2. The first-order valence-electron chi connectivity index (χ1n) is 7.86. The largest absolute Gasteiger partial charge is 0.338 e. The number of thiazole rings is 1. The van der Waals surface area contributed by atoms with Crippen molar-refractivity contribution in [3.8, 4) is 11.3 Å². The number of halogens is 1. The topological polar surface area (TPSA) is 71.1 Å². The molecule has 25 heavy (non-hydrogen) atoms. The number of urea groups is 1. The minimum absolute atomic E-state index is 0.105. The van der Waals surface area contributed by atoms with Crippen LogP contribution in [0.25, 0.3) is 11.3 Å². The van der Waals surface area contributed by atoms with Gasteiger partial charge < -0.3 is 5.32 Å². The third-order valence-electron chi connectivity index (χ3n) is 3.21. The zero-order valence-electron chi connectivity index (χ0n) is 14.0. The van der Waals surface area contributed by atoms with E-state index in [0.717, 1.165) is 22.0 Å². The predicted octanol–water partition coefficient (Wildman–Crippen LogP) is 3.91. The molecule has 0 unspecified atom stereocenters. The molecule has 0 saturated heterocycles. The van der Waals surface area contributed by atoms with Gasteiger partial charge in [-0.3, -0.25) is 10.1 Å². The molecule has 5 nitrogen and oxygen atoms in total. The van der Waals surface area contributed by atoms with Crippen molar-refractivity contribution in [2.24, 2.45) is 5.92 Å². The Morgan fingerprint density at radius 1 is 1.28 bits per heavy atom. The van der Waals surface area contributed by atoms with Crippen molar-refractivity contribution in [3.63, 3.8) is 0 Å². The second kappa shape index (κ2) is 9.53. The van der Waals surface area contributed by atoms with Gasteiger partial charge in [0.2, 0.25) is 5.91 Å². The van der Waals surface area contributed by atoms with E-state index in [1.54, 1.807) is 12.1 Å². The Bertz CT molecular complexity index is 717. The van der Waals surface area contributed by atoms with Crippen LogP contribution in [0.2, 0.25) is 0 Å². The number of thioether (sulfide) groups is 1. The van der Waals surface area contributed by atoms with Crippen LogP contribution in [0.4, 0.5) is 9.18 Å². The second-order valence-corrected chi connectivity index (χ2v) is 7.86. The standard InChI is InChI=1S/C17H20FN3O2S2/c1-11(2)7-8-19-16(23)21-15(22)10-25-17-20-14(9-24-17)12-3-5-13(18)6-4-12/h3-6,9,11H,7-8,10H2,1-2H3,(H2,19,21,22,23). The second-order valence-electron chi connectivity index (χ2n) is 5.78. The smallest absolute Gasteiger partial charge is 0.321 e. The SMILES string of the molecule is CC(C)CCNC(=O)NC(=O)CSc1nc(-c2ccc(F)cc2)cs1. The van der Waals surface area contributed by atoms with E-state index in [1.165, 1.54) is 35.2 Å². The lowest BCUT2D eigenvalue weighted by Crippen LogP contribution is -2.40. The van der Waals surface area contributed by atoms with Gasteiger partial charge in [-0.15, -0.1) is 11.3 Å². The lowest BCUT2D eigenvalue weighted by atomic mass is 10.1. The molecule has 1 aromatic carbocycles. The van der Waals surface area contributed by atoms with Crippen LogP contribution in [0.5, 0.6) is 0 Å². The lowest BCUT2D eigenvalue weighted by Gasteiger charge is -2.07. The van der Waals surface area contributed by atoms with Gasteiger partial charge in [0.05, 0.1) is 11.4 Å². The predicted molar refractivity (Wildman–Crippen MR) is 99.2 cm³/mol. The zero-order valence-corrected chi connectivity index (χ0v) is 15.7. The van der Waals surface area contributed by atoms with E-state index in [4.69, 9.17) is 0 Å². The lowest BCUT2D eigenvalue weighted by molar-refractivity contribution is -0.117. The Kier molecular flexibility index (Phi) is 7.39. The Balaban J connectivity index is 1.76. The fourth-order valence-corrected chi connectivity index (χ4v) is 3.52. The number of carbonyl (C=O) groups is 2. The van der Waals surface area contributed by atoms with Gasteiger partial charge in [0.25, 0.3) is 0 Å². The highest BCUT2D eigenvalue weighted by Crippen LogP contribution is 2.28. The molecular formula is C17H20FN3O2S2. The van der Waals surface area contributed by atoms with Gasteiger partial charge in [0.15, 0.2) is 4.34 Å². The first-order chi connectivity index (χ1) is 11.9. The van der Waals surface area contributed by atoms with E-state index < -0.39 is 6.03 Å². The van der Waals surface area contributed by atoms with Crippen molar-refractivity contribution >= 4 is 35.0 Å². The van der Waals surface area contributed by atoms with Gasteiger partial charge in [-0.1, -0.05) is 25.6 Å². The van der Waals surface area contributed by atoms with Crippen LogP contribution < -0.4 is 10.6 Å². The fraction of sp³-hybridized carbons (Fsp3) is 0.353. The number of aromatic nitrogens is 1. The highest BCUT2D eigenvalue weighted by molar-refractivity contribution is 8.01. The number of imide groups is 1. The fourth-order valence-electron chi connectivity index (χ4n) is 1.89. The summed E-state index contributed by atoms with van der Waals surface area (Å²) in [5.41, 5.74) is 1.55. The minimum atomic E-state index is -0.475. The van der Waals surface area contributed by atoms with Gasteiger partial charge in [-0.25, -0.2) is 14.2 Å². The van der Waals surface area contributed by atoms with E-state index in [9.17, 15) is 14.0 Å². The average molecular weight is 381 g/mol. The molecule has 1 heterocycles. The van der Waals surface area contributed by atoms with Crippen LogP contribution in [-0.4, -0.2) is 29.2 Å². The highest BCUT2D eigenvalue weighted by atomic mass is 32.2. The Morgan fingerprint density at radius 3 is 2.68 bits per heavy atom. The molecule has 134 valence electrons. The summed E-state index contributed by atoms with van der Waals surface area (Å²) in [4.78, 5) is 27.8. The van der Waals surface area contributed by atoms with E-state index in [2.05, 4.69) is 29.5 Å². The first-order valence-corrected chi connectivity index (χ1v) is 9.72. The maximum Gasteiger partial charge on any atom is 0.321 e. The summed E-state index contributed by atoms with van der Waals surface area (Å²) in [5, 5.41) is 6.80. The molecule has 3 amide bonds. The quantitative estimate of drug-likeness (QED) is 0.713. The Hall–Kier alpha value is -1.93. The third kappa shape index (κ3) is 6.83. The summed E-state index contributed by atoms with van der Waals surface area (Å²) in [5.74, 6) is -0.0668. The molecule has 0 aliphatic heterocycles. The molecule has 8 heteroatoms. The first kappa shape index (κ1) is 19.4. The van der Waals surface area contributed by atoms with Gasteiger partial charge in [-0.05, 0) is 36.6 Å². The normalized spacial score (nSPS) is 10.7. The zero-order chi connectivity index (χ0) is 18.2. The molecule has 2 N–H and O–H groups in total. The summed E-state index contributed by atoms with van der Waals surface area (Å²) in [7, 11) is 0. The van der Waals surface area contributed by atoms with Gasteiger partial charge in [0.1, 0.15) is 5.82 Å². The third-order valence-corrected chi connectivity index (χ3v) is 5.23. The number of amides is 3. The molecule has 0 radical (unpaired) electrons. The molecule has 2 aromatic rings. The van der Waals surface area contributed by atoms with Gasteiger partial charge in [-0.2, -0.15) is 0 Å². The Labute approximate surface area is 154 Å². The molecule has 0 aliphatic carbocycles. The van der Waals surface area contributed by atoms with E-state index in [1.807, 2.05) is 5.38 Å². The van der Waals surface area contributed by atoms with Crippen molar-refractivity contribution < 1.29 is 14.0 Å². The Morgan fingerprint density at radius 2 is 2.00 bits per heavy atom. The van der Waals surface area contributed by atoms with Crippen LogP contribution in [-0.2, 0) is 4.79 Å². The maximum atomic E-state index is 12.9.